The third-order valence-corrected chi connectivity index (χ3v) is 6.75. The lowest BCUT2D eigenvalue weighted by molar-refractivity contribution is 0.387. The molecule has 6 aromatic rings. The van der Waals surface area contributed by atoms with Crippen LogP contribution in [0.3, 0.4) is 0 Å². The highest BCUT2D eigenvalue weighted by Gasteiger charge is 2.39. The number of aromatic nitrogens is 4. The maximum atomic E-state index is 13.6. The summed E-state index contributed by atoms with van der Waals surface area (Å²) in [5, 5.41) is 5.32. The van der Waals surface area contributed by atoms with Crippen LogP contribution < -0.4 is 19.8 Å². The summed E-state index contributed by atoms with van der Waals surface area (Å²) in [5.74, 6) is 1.74. The zero-order valence-electron chi connectivity index (χ0n) is 20.4. The molecule has 0 N–H and O–H groups in total. The Bertz CT molecular complexity index is 1910. The summed E-state index contributed by atoms with van der Waals surface area (Å²) < 4.78 is 24.9. The second-order valence-corrected chi connectivity index (χ2v) is 8.80. The highest BCUT2D eigenvalue weighted by Crippen LogP contribution is 2.50. The topological polar surface area (TPSA) is 101 Å². The van der Waals surface area contributed by atoms with Crippen LogP contribution in [0.5, 0.6) is 23.1 Å². The molecule has 0 saturated carbocycles. The number of hydrogen-bond acceptors (Lipinski definition) is 8. The van der Waals surface area contributed by atoms with Crippen molar-refractivity contribution in [2.24, 2.45) is 0 Å². The summed E-state index contributed by atoms with van der Waals surface area (Å²) in [4.78, 5) is 23.0. The molecule has 3 aromatic carbocycles. The van der Waals surface area contributed by atoms with E-state index in [0.717, 1.165) is 5.56 Å². The molecule has 186 valence electrons. The van der Waals surface area contributed by atoms with Gasteiger partial charge in [0.2, 0.25) is 5.88 Å². The largest absolute Gasteiger partial charge is 0.497 e. The average Bonchev–Trinajstić information content (AvgIpc) is 3.41. The molecule has 1 aliphatic heterocycles. The Morgan fingerprint density at radius 1 is 0.921 bits per heavy atom. The maximum absolute atomic E-state index is 13.6. The third-order valence-electron chi connectivity index (χ3n) is 6.75. The molecule has 0 fully saturated rings. The van der Waals surface area contributed by atoms with Gasteiger partial charge in [0.05, 0.1) is 36.7 Å². The van der Waals surface area contributed by atoms with Crippen molar-refractivity contribution >= 4 is 16.6 Å². The molecule has 1 unspecified atom stereocenters. The number of nitrogens with zero attached hydrogens (tertiary/aromatic N) is 4. The SMILES string of the molecule is COc1ccc(C2c3c(c4ccccc4oc3=O)Oc3ncn4nc(-c5ccccc5)nc4c32)c(OC)c1. The van der Waals surface area contributed by atoms with Crippen molar-refractivity contribution in [1.29, 1.82) is 0 Å². The molecule has 4 heterocycles. The minimum absolute atomic E-state index is 0.329. The van der Waals surface area contributed by atoms with Gasteiger partial charge in [-0.15, -0.1) is 5.10 Å². The molecular formula is C29H20N4O5. The summed E-state index contributed by atoms with van der Waals surface area (Å²) in [6.07, 6.45) is 1.56. The Morgan fingerprint density at radius 3 is 2.55 bits per heavy atom. The van der Waals surface area contributed by atoms with Crippen molar-refractivity contribution in [2.75, 3.05) is 14.2 Å². The number of methoxy groups -OCH3 is 2. The number of para-hydroxylation sites is 1. The van der Waals surface area contributed by atoms with Crippen LogP contribution in [0.4, 0.5) is 0 Å². The molecule has 0 amide bonds. The smallest absolute Gasteiger partial charge is 0.344 e. The van der Waals surface area contributed by atoms with Crippen molar-refractivity contribution in [3.63, 3.8) is 0 Å². The van der Waals surface area contributed by atoms with E-state index in [4.69, 9.17) is 23.6 Å². The van der Waals surface area contributed by atoms with Crippen molar-refractivity contribution in [3.05, 3.63) is 106 Å². The molecule has 7 rings (SSSR count). The maximum Gasteiger partial charge on any atom is 0.344 e. The number of fused-ring (bicyclic) bond motifs is 6. The lowest BCUT2D eigenvalue weighted by Gasteiger charge is -2.28. The van der Waals surface area contributed by atoms with Crippen LogP contribution in [-0.4, -0.2) is 33.8 Å². The molecule has 0 radical (unpaired) electrons. The zero-order chi connectivity index (χ0) is 25.8. The lowest BCUT2D eigenvalue weighted by Crippen LogP contribution is -2.22. The first-order chi connectivity index (χ1) is 18.7. The van der Waals surface area contributed by atoms with Gasteiger partial charge < -0.3 is 18.6 Å². The fourth-order valence-electron chi connectivity index (χ4n) is 5.01. The molecule has 0 bridgehead atoms. The van der Waals surface area contributed by atoms with Crippen LogP contribution in [-0.2, 0) is 0 Å². The van der Waals surface area contributed by atoms with Gasteiger partial charge >= 0.3 is 5.63 Å². The quantitative estimate of drug-likeness (QED) is 0.302. The van der Waals surface area contributed by atoms with Gasteiger partial charge in [-0.25, -0.2) is 19.3 Å². The summed E-state index contributed by atoms with van der Waals surface area (Å²) in [5.41, 5.74) is 2.90. The van der Waals surface area contributed by atoms with E-state index in [-0.39, 0.29) is 0 Å². The summed E-state index contributed by atoms with van der Waals surface area (Å²) in [7, 11) is 3.16. The molecule has 0 aliphatic carbocycles. The average molecular weight is 505 g/mol. The Labute approximate surface area is 215 Å². The van der Waals surface area contributed by atoms with Crippen molar-refractivity contribution < 1.29 is 18.6 Å². The van der Waals surface area contributed by atoms with Gasteiger partial charge in [-0.05, 0) is 18.2 Å². The van der Waals surface area contributed by atoms with Gasteiger partial charge in [-0.1, -0.05) is 48.5 Å². The van der Waals surface area contributed by atoms with E-state index in [1.165, 1.54) is 0 Å². The highest BCUT2D eigenvalue weighted by atomic mass is 16.5. The standard InChI is InChI=1S/C29H20N4O5/c1-35-17-12-13-18(21(14-17)36-2)22-23-25(19-10-6-7-11-20(19)37-29(23)34)38-28-24(22)27-31-26(32-33(27)15-30-28)16-8-4-3-5-9-16/h3-15,22H,1-2H3. The normalized spacial score (nSPS) is 14.1. The zero-order valence-corrected chi connectivity index (χ0v) is 20.4. The van der Waals surface area contributed by atoms with E-state index >= 15 is 0 Å². The van der Waals surface area contributed by atoms with Crippen molar-refractivity contribution in [1.82, 2.24) is 19.6 Å². The molecule has 9 nitrogen and oxygen atoms in total. The van der Waals surface area contributed by atoms with Crippen LogP contribution in [0.2, 0.25) is 0 Å². The second-order valence-electron chi connectivity index (χ2n) is 8.80. The minimum Gasteiger partial charge on any atom is -0.497 e. The minimum atomic E-state index is -0.667. The highest BCUT2D eigenvalue weighted by molar-refractivity contribution is 5.87. The number of ether oxygens (including phenoxy) is 3. The number of benzene rings is 3. The van der Waals surface area contributed by atoms with E-state index in [2.05, 4.69) is 10.1 Å². The molecule has 9 heteroatoms. The Balaban J connectivity index is 1.57. The predicted octanol–water partition coefficient (Wildman–Crippen LogP) is 5.20. The van der Waals surface area contributed by atoms with E-state index in [0.29, 0.717) is 62.3 Å². The number of rotatable bonds is 4. The van der Waals surface area contributed by atoms with Crippen LogP contribution in [0.1, 0.15) is 22.6 Å². The van der Waals surface area contributed by atoms with Gasteiger partial charge in [0, 0.05) is 17.2 Å². The third kappa shape index (κ3) is 3.25. The van der Waals surface area contributed by atoms with Gasteiger partial charge in [0.1, 0.15) is 23.4 Å². The van der Waals surface area contributed by atoms with Crippen molar-refractivity contribution in [2.45, 2.75) is 5.92 Å². The first-order valence-electron chi connectivity index (χ1n) is 11.9. The van der Waals surface area contributed by atoms with Gasteiger partial charge in [-0.3, -0.25) is 0 Å². The van der Waals surface area contributed by atoms with E-state index in [1.807, 2.05) is 60.7 Å². The first-order valence-corrected chi connectivity index (χ1v) is 11.9. The van der Waals surface area contributed by atoms with Gasteiger partial charge in [-0.2, -0.15) is 0 Å². The van der Waals surface area contributed by atoms with Crippen LogP contribution in [0.25, 0.3) is 28.0 Å². The molecule has 1 aliphatic rings. The van der Waals surface area contributed by atoms with Gasteiger partial charge in [0.25, 0.3) is 0 Å². The Kier molecular flexibility index (Phi) is 4.90. The Hall–Kier alpha value is -5.18. The van der Waals surface area contributed by atoms with Crippen molar-refractivity contribution in [3.8, 4) is 34.5 Å². The van der Waals surface area contributed by atoms with Crippen LogP contribution in [0, 0.1) is 0 Å². The first kappa shape index (κ1) is 22.1. The molecule has 1 atom stereocenters. The molecular weight excluding hydrogens is 484 g/mol. The summed E-state index contributed by atoms with van der Waals surface area (Å²) in [6.45, 7) is 0. The van der Waals surface area contributed by atoms with Crippen LogP contribution in [0.15, 0.2) is 88.3 Å². The van der Waals surface area contributed by atoms with E-state index in [9.17, 15) is 4.79 Å². The molecule has 0 saturated heterocycles. The summed E-state index contributed by atoms with van der Waals surface area (Å²) in [6, 6.07) is 22.4. The monoisotopic (exact) mass is 504 g/mol. The molecule has 3 aromatic heterocycles. The summed E-state index contributed by atoms with van der Waals surface area (Å²) >= 11 is 0. The van der Waals surface area contributed by atoms with E-state index in [1.54, 1.807) is 37.2 Å². The fourth-order valence-corrected chi connectivity index (χ4v) is 5.01. The Morgan fingerprint density at radius 2 is 1.74 bits per heavy atom. The second kappa shape index (κ2) is 8.45. The fraction of sp³-hybridized carbons (Fsp3) is 0.103. The molecule has 38 heavy (non-hydrogen) atoms. The van der Waals surface area contributed by atoms with E-state index < -0.39 is 11.5 Å². The molecule has 0 spiro atoms. The lowest BCUT2D eigenvalue weighted by atomic mass is 9.83. The van der Waals surface area contributed by atoms with Gasteiger partial charge in [0.15, 0.2) is 17.2 Å². The number of hydrogen-bond donors (Lipinski definition) is 0. The van der Waals surface area contributed by atoms with Crippen LogP contribution >= 0.6 is 0 Å². The predicted molar refractivity (Wildman–Crippen MR) is 139 cm³/mol.